The third-order valence-electron chi connectivity index (χ3n) is 2.82. The first-order valence-electron chi connectivity index (χ1n) is 6.21. The number of rotatable bonds is 6. The molecular formula is C16H15FO2. The smallest absolute Gasteiger partial charge is 0.165 e. The van der Waals surface area contributed by atoms with Crippen LogP contribution in [0.25, 0.3) is 0 Å². The lowest BCUT2D eigenvalue weighted by molar-refractivity contribution is 0.111. The molecule has 2 rings (SSSR count). The molecule has 98 valence electrons. The summed E-state index contributed by atoms with van der Waals surface area (Å²) < 4.78 is 18.9. The SMILES string of the molecule is O=Cc1cccc(F)c1OCCCc1ccccc1. The highest BCUT2D eigenvalue weighted by Crippen LogP contribution is 2.21. The molecule has 0 atom stereocenters. The van der Waals surface area contributed by atoms with E-state index in [1.807, 2.05) is 30.3 Å². The molecule has 0 heterocycles. The normalized spacial score (nSPS) is 10.2. The summed E-state index contributed by atoms with van der Waals surface area (Å²) in [7, 11) is 0. The summed E-state index contributed by atoms with van der Waals surface area (Å²) in [5, 5.41) is 0. The average Bonchev–Trinajstić information content (AvgIpc) is 2.46. The summed E-state index contributed by atoms with van der Waals surface area (Å²) in [5.74, 6) is -0.449. The second-order valence-electron chi connectivity index (χ2n) is 4.21. The van der Waals surface area contributed by atoms with Gasteiger partial charge in [-0.05, 0) is 30.5 Å². The van der Waals surface area contributed by atoms with Crippen molar-refractivity contribution in [1.29, 1.82) is 0 Å². The predicted octanol–water partition coefficient (Wildman–Crippen LogP) is 3.65. The van der Waals surface area contributed by atoms with Crippen molar-refractivity contribution in [2.45, 2.75) is 12.8 Å². The van der Waals surface area contributed by atoms with E-state index in [2.05, 4.69) is 0 Å². The topological polar surface area (TPSA) is 26.3 Å². The van der Waals surface area contributed by atoms with Gasteiger partial charge in [0, 0.05) is 0 Å². The Hall–Kier alpha value is -2.16. The standard InChI is InChI=1S/C16H15FO2/c17-15-10-4-9-14(12-18)16(15)19-11-5-8-13-6-2-1-3-7-13/h1-4,6-7,9-10,12H,5,8,11H2. The second-order valence-corrected chi connectivity index (χ2v) is 4.21. The molecule has 0 aliphatic carbocycles. The van der Waals surface area contributed by atoms with E-state index < -0.39 is 5.82 Å². The molecule has 0 saturated carbocycles. The van der Waals surface area contributed by atoms with Gasteiger partial charge in [-0.15, -0.1) is 0 Å². The van der Waals surface area contributed by atoms with Crippen LogP contribution in [0.2, 0.25) is 0 Å². The molecule has 0 N–H and O–H groups in total. The fourth-order valence-corrected chi connectivity index (χ4v) is 1.87. The van der Waals surface area contributed by atoms with Crippen molar-refractivity contribution in [2.24, 2.45) is 0 Å². The monoisotopic (exact) mass is 258 g/mol. The van der Waals surface area contributed by atoms with Crippen LogP contribution in [-0.4, -0.2) is 12.9 Å². The van der Waals surface area contributed by atoms with Crippen molar-refractivity contribution >= 4 is 6.29 Å². The van der Waals surface area contributed by atoms with Gasteiger partial charge in [0.05, 0.1) is 12.2 Å². The summed E-state index contributed by atoms with van der Waals surface area (Å²) >= 11 is 0. The van der Waals surface area contributed by atoms with E-state index >= 15 is 0 Å². The average molecular weight is 258 g/mol. The predicted molar refractivity (Wildman–Crippen MR) is 72.0 cm³/mol. The number of carbonyl (C=O) groups is 1. The Kier molecular flexibility index (Phi) is 4.67. The van der Waals surface area contributed by atoms with Crippen molar-refractivity contribution in [3.05, 3.63) is 65.5 Å². The van der Waals surface area contributed by atoms with Crippen LogP contribution >= 0.6 is 0 Å². The Morgan fingerprint density at radius 1 is 1.05 bits per heavy atom. The Bertz CT molecular complexity index is 538. The minimum atomic E-state index is -0.496. The van der Waals surface area contributed by atoms with Gasteiger partial charge < -0.3 is 4.74 Å². The first-order valence-corrected chi connectivity index (χ1v) is 6.21. The Labute approximate surface area is 111 Å². The van der Waals surface area contributed by atoms with Crippen LogP contribution in [0.4, 0.5) is 4.39 Å². The van der Waals surface area contributed by atoms with E-state index in [1.165, 1.54) is 17.7 Å². The van der Waals surface area contributed by atoms with Crippen molar-refractivity contribution < 1.29 is 13.9 Å². The van der Waals surface area contributed by atoms with E-state index in [0.29, 0.717) is 12.9 Å². The lowest BCUT2D eigenvalue weighted by Crippen LogP contribution is -2.03. The largest absolute Gasteiger partial charge is 0.490 e. The van der Waals surface area contributed by atoms with E-state index in [1.54, 1.807) is 6.07 Å². The fourth-order valence-electron chi connectivity index (χ4n) is 1.87. The molecule has 0 spiro atoms. The molecular weight excluding hydrogens is 243 g/mol. The zero-order valence-electron chi connectivity index (χ0n) is 10.5. The Morgan fingerprint density at radius 2 is 1.84 bits per heavy atom. The van der Waals surface area contributed by atoms with E-state index in [0.717, 1.165) is 12.8 Å². The zero-order valence-corrected chi connectivity index (χ0v) is 10.5. The van der Waals surface area contributed by atoms with Crippen LogP contribution < -0.4 is 4.74 Å². The summed E-state index contributed by atoms with van der Waals surface area (Å²) in [5.41, 5.74) is 1.47. The van der Waals surface area contributed by atoms with Crippen molar-refractivity contribution in [2.75, 3.05) is 6.61 Å². The van der Waals surface area contributed by atoms with Crippen LogP contribution in [0, 0.1) is 5.82 Å². The number of aryl methyl sites for hydroxylation is 1. The van der Waals surface area contributed by atoms with Crippen LogP contribution in [0.15, 0.2) is 48.5 Å². The number of hydrogen-bond acceptors (Lipinski definition) is 2. The van der Waals surface area contributed by atoms with Gasteiger partial charge in [0.2, 0.25) is 0 Å². The number of para-hydroxylation sites is 1. The quantitative estimate of drug-likeness (QED) is 0.584. The molecule has 19 heavy (non-hydrogen) atoms. The molecule has 0 saturated heterocycles. The number of benzene rings is 2. The third kappa shape index (κ3) is 3.65. The summed E-state index contributed by atoms with van der Waals surface area (Å²) in [6, 6.07) is 14.3. The number of halogens is 1. The van der Waals surface area contributed by atoms with Crippen LogP contribution in [0.3, 0.4) is 0 Å². The lowest BCUT2D eigenvalue weighted by atomic mass is 10.1. The highest BCUT2D eigenvalue weighted by molar-refractivity contribution is 5.79. The van der Waals surface area contributed by atoms with E-state index in [-0.39, 0.29) is 11.3 Å². The lowest BCUT2D eigenvalue weighted by Gasteiger charge is -2.09. The Balaban J connectivity index is 1.88. The van der Waals surface area contributed by atoms with Gasteiger partial charge in [0.15, 0.2) is 17.9 Å². The second kappa shape index (κ2) is 6.69. The number of hydrogen-bond donors (Lipinski definition) is 0. The molecule has 0 aliphatic rings. The Morgan fingerprint density at radius 3 is 2.58 bits per heavy atom. The maximum absolute atomic E-state index is 13.5. The molecule has 3 heteroatoms. The molecule has 0 radical (unpaired) electrons. The van der Waals surface area contributed by atoms with Crippen LogP contribution in [0.1, 0.15) is 22.3 Å². The fraction of sp³-hybridized carbons (Fsp3) is 0.188. The molecule has 0 amide bonds. The van der Waals surface area contributed by atoms with Crippen molar-refractivity contribution in [3.63, 3.8) is 0 Å². The van der Waals surface area contributed by atoms with Gasteiger partial charge in [-0.3, -0.25) is 4.79 Å². The first kappa shape index (κ1) is 13.3. The molecule has 0 unspecified atom stereocenters. The van der Waals surface area contributed by atoms with Gasteiger partial charge in [0.1, 0.15) is 0 Å². The third-order valence-corrected chi connectivity index (χ3v) is 2.82. The molecule has 0 fully saturated rings. The molecule has 0 bridgehead atoms. The van der Waals surface area contributed by atoms with Crippen LogP contribution in [0.5, 0.6) is 5.75 Å². The number of ether oxygens (including phenoxy) is 1. The molecule has 2 aromatic carbocycles. The maximum Gasteiger partial charge on any atom is 0.165 e. The highest BCUT2D eigenvalue weighted by Gasteiger charge is 2.08. The van der Waals surface area contributed by atoms with Crippen molar-refractivity contribution in [3.8, 4) is 5.75 Å². The van der Waals surface area contributed by atoms with E-state index in [4.69, 9.17) is 4.74 Å². The minimum Gasteiger partial charge on any atom is -0.490 e. The van der Waals surface area contributed by atoms with Gasteiger partial charge in [-0.2, -0.15) is 0 Å². The van der Waals surface area contributed by atoms with E-state index in [9.17, 15) is 9.18 Å². The first-order chi connectivity index (χ1) is 9.31. The number of aldehydes is 1. The van der Waals surface area contributed by atoms with Crippen molar-refractivity contribution in [1.82, 2.24) is 0 Å². The summed E-state index contributed by atoms with van der Waals surface area (Å²) in [4.78, 5) is 10.8. The zero-order chi connectivity index (χ0) is 13.5. The van der Waals surface area contributed by atoms with Gasteiger partial charge in [-0.1, -0.05) is 36.4 Å². The molecule has 0 aromatic heterocycles. The highest BCUT2D eigenvalue weighted by atomic mass is 19.1. The molecule has 2 aromatic rings. The molecule has 2 nitrogen and oxygen atoms in total. The summed E-state index contributed by atoms with van der Waals surface area (Å²) in [6.45, 7) is 0.386. The van der Waals surface area contributed by atoms with Gasteiger partial charge in [0.25, 0.3) is 0 Å². The van der Waals surface area contributed by atoms with Gasteiger partial charge >= 0.3 is 0 Å². The number of carbonyl (C=O) groups excluding carboxylic acids is 1. The van der Waals surface area contributed by atoms with Crippen LogP contribution in [-0.2, 0) is 6.42 Å². The summed E-state index contributed by atoms with van der Waals surface area (Å²) in [6.07, 6.45) is 2.25. The minimum absolute atomic E-state index is 0.0468. The van der Waals surface area contributed by atoms with Gasteiger partial charge in [-0.25, -0.2) is 4.39 Å². The molecule has 0 aliphatic heterocycles. The maximum atomic E-state index is 13.5.